The van der Waals surface area contributed by atoms with Crippen LogP contribution < -0.4 is 0 Å². The standard InChI is InChI=1S/C25H40O4/c1-23-10-7-16(26)13-15(23)5-6-17-19(23)8-11-24(2)22(17)18-14-20(18)25(24,27)12-9-21(28-3)29-4/h5,16-22,26-27H,6-14H2,1-4H3/t16-,17+,18+,19-,20-,22+,23-,24-,25-/m0/s1. The van der Waals surface area contributed by atoms with Crippen molar-refractivity contribution < 1.29 is 19.7 Å². The van der Waals surface area contributed by atoms with Crippen LogP contribution in [-0.2, 0) is 9.47 Å². The van der Waals surface area contributed by atoms with Gasteiger partial charge in [-0.25, -0.2) is 0 Å². The average Bonchev–Trinajstić information content (AvgIpc) is 3.46. The number of allylic oxidation sites excluding steroid dienone is 1. The Kier molecular flexibility index (Phi) is 4.79. The lowest BCUT2D eigenvalue weighted by Crippen LogP contribution is -2.56. The Balaban J connectivity index is 1.42. The van der Waals surface area contributed by atoms with Crippen molar-refractivity contribution in [2.45, 2.75) is 89.6 Å². The fourth-order valence-electron chi connectivity index (χ4n) is 8.92. The second-order valence-corrected chi connectivity index (χ2v) is 11.4. The number of methoxy groups -OCH3 is 2. The fraction of sp³-hybridized carbons (Fsp3) is 0.920. The first-order chi connectivity index (χ1) is 13.8. The molecule has 0 spiro atoms. The first kappa shape index (κ1) is 20.5. The molecule has 0 heterocycles. The highest BCUT2D eigenvalue weighted by Gasteiger charge is 2.75. The van der Waals surface area contributed by atoms with Gasteiger partial charge in [-0.1, -0.05) is 25.5 Å². The molecule has 0 amide bonds. The molecule has 0 aliphatic heterocycles. The molecule has 5 rings (SSSR count). The van der Waals surface area contributed by atoms with E-state index in [9.17, 15) is 10.2 Å². The van der Waals surface area contributed by atoms with Gasteiger partial charge < -0.3 is 19.7 Å². The SMILES string of the molecule is COC(CC[C@]1(O)[C@H]2C[C@H]2[C@H]2[C@@H]3CC=C4C[C@@H](O)CC[C@]4(C)[C@H]3CC[C@@]21C)OC. The normalized spacial score (nSPS) is 53.0. The number of ether oxygens (including phenoxy) is 2. The van der Waals surface area contributed by atoms with E-state index >= 15 is 0 Å². The first-order valence-electron chi connectivity index (χ1n) is 11.9. The van der Waals surface area contributed by atoms with Gasteiger partial charge in [-0.3, -0.25) is 0 Å². The largest absolute Gasteiger partial charge is 0.393 e. The van der Waals surface area contributed by atoms with Crippen molar-refractivity contribution >= 4 is 0 Å². The van der Waals surface area contributed by atoms with Crippen LogP contribution >= 0.6 is 0 Å². The molecular formula is C25H40O4. The van der Waals surface area contributed by atoms with Gasteiger partial charge in [0.1, 0.15) is 0 Å². The Labute approximate surface area is 176 Å². The van der Waals surface area contributed by atoms with Crippen molar-refractivity contribution in [3.05, 3.63) is 11.6 Å². The van der Waals surface area contributed by atoms with Crippen LogP contribution in [0.4, 0.5) is 0 Å². The molecule has 0 unspecified atom stereocenters. The lowest BCUT2D eigenvalue weighted by atomic mass is 9.45. The number of hydrogen-bond acceptors (Lipinski definition) is 4. The highest BCUT2D eigenvalue weighted by atomic mass is 16.7. The lowest BCUT2D eigenvalue weighted by Gasteiger charge is -2.60. The molecule has 4 saturated carbocycles. The van der Waals surface area contributed by atoms with Crippen LogP contribution in [0.5, 0.6) is 0 Å². The summed E-state index contributed by atoms with van der Waals surface area (Å²) in [6, 6.07) is 0. The van der Waals surface area contributed by atoms with E-state index in [0.717, 1.165) is 50.9 Å². The van der Waals surface area contributed by atoms with E-state index in [0.29, 0.717) is 23.7 Å². The molecule has 0 aromatic rings. The van der Waals surface area contributed by atoms with E-state index in [1.54, 1.807) is 14.2 Å². The van der Waals surface area contributed by atoms with Crippen molar-refractivity contribution in [1.82, 2.24) is 0 Å². The van der Waals surface area contributed by atoms with E-state index in [4.69, 9.17) is 9.47 Å². The van der Waals surface area contributed by atoms with Crippen LogP contribution in [-0.4, -0.2) is 42.4 Å². The van der Waals surface area contributed by atoms with Gasteiger partial charge in [0.05, 0.1) is 11.7 Å². The van der Waals surface area contributed by atoms with Gasteiger partial charge in [-0.15, -0.1) is 0 Å². The summed E-state index contributed by atoms with van der Waals surface area (Å²) in [4.78, 5) is 0. The Bertz CT molecular complexity index is 686. The molecule has 164 valence electrons. The molecule has 0 aromatic carbocycles. The van der Waals surface area contributed by atoms with Crippen LogP contribution in [0.2, 0.25) is 0 Å². The minimum absolute atomic E-state index is 0.0175. The molecule has 5 aliphatic carbocycles. The molecular weight excluding hydrogens is 364 g/mol. The molecule has 0 radical (unpaired) electrons. The predicted octanol–water partition coefficient (Wildman–Crippen LogP) is 4.30. The van der Waals surface area contributed by atoms with Crippen molar-refractivity contribution in [1.29, 1.82) is 0 Å². The molecule has 4 fully saturated rings. The zero-order valence-electron chi connectivity index (χ0n) is 18.7. The molecule has 29 heavy (non-hydrogen) atoms. The third-order valence-corrected chi connectivity index (χ3v) is 10.5. The van der Waals surface area contributed by atoms with Crippen LogP contribution in [0.3, 0.4) is 0 Å². The van der Waals surface area contributed by atoms with Crippen molar-refractivity contribution in [3.8, 4) is 0 Å². The van der Waals surface area contributed by atoms with E-state index in [1.807, 2.05) is 0 Å². The predicted molar refractivity (Wildman–Crippen MR) is 112 cm³/mol. The Hall–Kier alpha value is -0.420. The number of rotatable bonds is 5. The van der Waals surface area contributed by atoms with Crippen LogP contribution in [0, 0.1) is 40.4 Å². The topological polar surface area (TPSA) is 58.9 Å². The number of fused-ring (bicyclic) bond motifs is 7. The summed E-state index contributed by atoms with van der Waals surface area (Å²) < 4.78 is 10.9. The van der Waals surface area contributed by atoms with Crippen LogP contribution in [0.1, 0.15) is 71.6 Å². The summed E-state index contributed by atoms with van der Waals surface area (Å²) in [5.74, 6) is 3.23. The maximum absolute atomic E-state index is 12.1. The molecule has 9 atom stereocenters. The van der Waals surface area contributed by atoms with Gasteiger partial charge in [0.15, 0.2) is 6.29 Å². The molecule has 0 saturated heterocycles. The molecule has 0 bridgehead atoms. The summed E-state index contributed by atoms with van der Waals surface area (Å²) in [5.41, 5.74) is 1.25. The summed E-state index contributed by atoms with van der Waals surface area (Å²) in [6.07, 6.45) is 11.4. The summed E-state index contributed by atoms with van der Waals surface area (Å²) >= 11 is 0. The van der Waals surface area contributed by atoms with Gasteiger partial charge in [0.25, 0.3) is 0 Å². The number of hydrogen-bond donors (Lipinski definition) is 2. The molecule has 4 heteroatoms. The Morgan fingerprint density at radius 3 is 2.59 bits per heavy atom. The van der Waals surface area contributed by atoms with Crippen molar-refractivity contribution in [3.63, 3.8) is 0 Å². The van der Waals surface area contributed by atoms with Crippen LogP contribution in [0.25, 0.3) is 0 Å². The Morgan fingerprint density at radius 1 is 1.10 bits per heavy atom. The van der Waals surface area contributed by atoms with Crippen LogP contribution in [0.15, 0.2) is 11.6 Å². The second-order valence-electron chi connectivity index (χ2n) is 11.4. The lowest BCUT2D eigenvalue weighted by molar-refractivity contribution is -0.165. The zero-order valence-corrected chi connectivity index (χ0v) is 18.7. The van der Waals surface area contributed by atoms with Gasteiger partial charge in [-0.05, 0) is 91.8 Å². The van der Waals surface area contributed by atoms with E-state index in [1.165, 1.54) is 18.4 Å². The van der Waals surface area contributed by atoms with E-state index in [2.05, 4.69) is 19.9 Å². The van der Waals surface area contributed by atoms with Crippen molar-refractivity contribution in [2.75, 3.05) is 14.2 Å². The average molecular weight is 405 g/mol. The minimum atomic E-state index is -0.573. The third-order valence-electron chi connectivity index (χ3n) is 10.5. The molecule has 0 aromatic heterocycles. The van der Waals surface area contributed by atoms with E-state index < -0.39 is 5.60 Å². The zero-order chi connectivity index (χ0) is 20.6. The summed E-state index contributed by atoms with van der Waals surface area (Å²) in [5, 5.41) is 22.3. The number of aliphatic hydroxyl groups excluding tert-OH is 1. The minimum Gasteiger partial charge on any atom is -0.393 e. The smallest absolute Gasteiger partial charge is 0.156 e. The monoisotopic (exact) mass is 404 g/mol. The van der Waals surface area contributed by atoms with E-state index in [-0.39, 0.29) is 23.2 Å². The quantitative estimate of drug-likeness (QED) is 0.530. The molecule has 4 nitrogen and oxygen atoms in total. The maximum atomic E-state index is 12.1. The fourth-order valence-corrected chi connectivity index (χ4v) is 8.92. The highest BCUT2D eigenvalue weighted by Crippen LogP contribution is 2.77. The van der Waals surface area contributed by atoms with Gasteiger partial charge in [-0.2, -0.15) is 0 Å². The summed E-state index contributed by atoms with van der Waals surface area (Å²) in [6.45, 7) is 4.89. The van der Waals surface area contributed by atoms with Crippen molar-refractivity contribution in [2.24, 2.45) is 40.4 Å². The molecule has 2 N–H and O–H groups in total. The highest BCUT2D eigenvalue weighted by molar-refractivity contribution is 5.29. The maximum Gasteiger partial charge on any atom is 0.156 e. The third kappa shape index (κ3) is 2.71. The second kappa shape index (κ2) is 6.79. The van der Waals surface area contributed by atoms with Gasteiger partial charge in [0.2, 0.25) is 0 Å². The summed E-state index contributed by atoms with van der Waals surface area (Å²) in [7, 11) is 3.38. The van der Waals surface area contributed by atoms with Gasteiger partial charge >= 0.3 is 0 Å². The molecule has 5 aliphatic rings. The van der Waals surface area contributed by atoms with Gasteiger partial charge in [0, 0.05) is 20.6 Å². The number of aliphatic hydroxyl groups is 2. The first-order valence-corrected chi connectivity index (χ1v) is 11.9. The Morgan fingerprint density at radius 2 is 1.86 bits per heavy atom.